The van der Waals surface area contributed by atoms with Gasteiger partial charge in [-0.2, -0.15) is 0 Å². The maximum atomic E-state index is 14.0. The predicted octanol–water partition coefficient (Wildman–Crippen LogP) is 7.19. The number of aryl methyl sites for hydroxylation is 1. The molecule has 1 aliphatic heterocycles. The molecule has 8 rings (SSSR count). The third-order valence-electron chi connectivity index (χ3n) is 8.51. The van der Waals surface area contributed by atoms with E-state index < -0.39 is 0 Å². The molecule has 0 saturated carbocycles. The van der Waals surface area contributed by atoms with E-state index in [0.29, 0.717) is 15.9 Å². The third kappa shape index (κ3) is 4.68. The fraction of sp³-hybridized carbons (Fsp3) is 0.105. The molecule has 5 aromatic carbocycles. The summed E-state index contributed by atoms with van der Waals surface area (Å²) in [6, 6.07) is 36.8. The van der Waals surface area contributed by atoms with Gasteiger partial charge < -0.3 is 4.74 Å². The standard InChI is InChI=1S/C38H27FN2O2S/c39-29-17-14-27(15-18-29)36-33-21-16-26-7-2-4-11-32(26)35(33)40-38-41(36)37(42)34(44-38)22-24-12-19-30(20-13-24)43-23-28-9-5-8-25-6-1-3-10-31(25)28/h1-15,17-20,22,36H,16,21,23H2/b34-22+/t36-/m1/s1. The number of aromatic nitrogens is 1. The number of hydrogen-bond acceptors (Lipinski definition) is 4. The second-order valence-corrected chi connectivity index (χ2v) is 12.2. The lowest BCUT2D eigenvalue weighted by Gasteiger charge is -2.30. The van der Waals surface area contributed by atoms with E-state index in [9.17, 15) is 9.18 Å². The molecule has 0 saturated heterocycles. The Balaban J connectivity index is 1.15. The summed E-state index contributed by atoms with van der Waals surface area (Å²) in [6.07, 6.45) is 3.58. The van der Waals surface area contributed by atoms with Crippen LogP contribution in [0.2, 0.25) is 0 Å². The minimum Gasteiger partial charge on any atom is -0.489 e. The van der Waals surface area contributed by atoms with E-state index >= 15 is 0 Å². The number of allylic oxidation sites excluding steroid dienone is 1. The van der Waals surface area contributed by atoms with Crippen molar-refractivity contribution >= 4 is 33.9 Å². The molecule has 0 amide bonds. The molecule has 0 fully saturated rings. The largest absolute Gasteiger partial charge is 0.489 e. The van der Waals surface area contributed by atoms with Gasteiger partial charge in [-0.05, 0) is 81.8 Å². The van der Waals surface area contributed by atoms with E-state index in [1.54, 1.807) is 16.7 Å². The van der Waals surface area contributed by atoms with Crippen molar-refractivity contribution < 1.29 is 9.13 Å². The van der Waals surface area contributed by atoms with Crippen LogP contribution in [-0.4, -0.2) is 4.57 Å². The summed E-state index contributed by atoms with van der Waals surface area (Å²) < 4.78 is 22.4. The summed E-state index contributed by atoms with van der Waals surface area (Å²) in [6.45, 7) is 0.469. The summed E-state index contributed by atoms with van der Waals surface area (Å²) in [5, 5.41) is 2.38. The van der Waals surface area contributed by atoms with Crippen LogP contribution >= 0.6 is 11.3 Å². The number of rotatable bonds is 5. The highest BCUT2D eigenvalue weighted by Crippen LogP contribution is 2.41. The lowest BCUT2D eigenvalue weighted by atomic mass is 9.83. The van der Waals surface area contributed by atoms with Gasteiger partial charge in [0.15, 0.2) is 4.80 Å². The molecule has 0 spiro atoms. The molecule has 1 atom stereocenters. The maximum Gasteiger partial charge on any atom is 0.271 e. The van der Waals surface area contributed by atoms with Gasteiger partial charge in [-0.15, -0.1) is 0 Å². The van der Waals surface area contributed by atoms with Gasteiger partial charge >= 0.3 is 0 Å². The van der Waals surface area contributed by atoms with Gasteiger partial charge in [-0.3, -0.25) is 9.36 Å². The highest BCUT2D eigenvalue weighted by atomic mass is 32.1. The van der Waals surface area contributed by atoms with Crippen LogP contribution in [0, 0.1) is 5.82 Å². The Labute approximate surface area is 257 Å². The van der Waals surface area contributed by atoms with Crippen LogP contribution in [0.3, 0.4) is 0 Å². The zero-order valence-corrected chi connectivity index (χ0v) is 24.6. The van der Waals surface area contributed by atoms with Crippen LogP contribution in [0.15, 0.2) is 131 Å². The quantitative estimate of drug-likeness (QED) is 0.212. The molecule has 2 heterocycles. The average molecular weight is 595 g/mol. The van der Waals surface area contributed by atoms with E-state index in [2.05, 4.69) is 48.5 Å². The van der Waals surface area contributed by atoms with Crippen LogP contribution in [0.4, 0.5) is 4.39 Å². The van der Waals surface area contributed by atoms with Crippen LogP contribution in [-0.2, 0) is 13.0 Å². The van der Waals surface area contributed by atoms with Gasteiger partial charge in [0.25, 0.3) is 5.56 Å². The Morgan fingerprint density at radius 2 is 1.64 bits per heavy atom. The van der Waals surface area contributed by atoms with Crippen molar-refractivity contribution in [2.45, 2.75) is 25.5 Å². The van der Waals surface area contributed by atoms with E-state index in [4.69, 9.17) is 9.73 Å². The Kier molecular flexibility index (Phi) is 6.57. The number of hydrogen-bond donors (Lipinski definition) is 0. The predicted molar refractivity (Wildman–Crippen MR) is 174 cm³/mol. The molecule has 0 bridgehead atoms. The average Bonchev–Trinajstić information content (AvgIpc) is 3.37. The number of halogens is 1. The van der Waals surface area contributed by atoms with Gasteiger partial charge in [0.2, 0.25) is 0 Å². The highest BCUT2D eigenvalue weighted by molar-refractivity contribution is 7.07. The van der Waals surface area contributed by atoms with Gasteiger partial charge in [0.05, 0.1) is 16.3 Å². The summed E-state index contributed by atoms with van der Waals surface area (Å²) in [5.74, 6) is 0.466. The first-order valence-electron chi connectivity index (χ1n) is 14.7. The Hall–Kier alpha value is -5.07. The van der Waals surface area contributed by atoms with E-state index in [1.807, 2.05) is 48.5 Å². The molecule has 1 aliphatic carbocycles. The molecule has 0 N–H and O–H groups in total. The van der Waals surface area contributed by atoms with Crippen LogP contribution < -0.4 is 19.6 Å². The third-order valence-corrected chi connectivity index (χ3v) is 9.49. The van der Waals surface area contributed by atoms with E-state index in [-0.39, 0.29) is 17.4 Å². The normalized spacial score (nSPS) is 15.8. The van der Waals surface area contributed by atoms with Gasteiger partial charge in [0, 0.05) is 5.56 Å². The Bertz CT molecular complexity index is 2260. The smallest absolute Gasteiger partial charge is 0.271 e. The monoisotopic (exact) mass is 594 g/mol. The molecule has 1 aromatic heterocycles. The minimum absolute atomic E-state index is 0.0928. The van der Waals surface area contributed by atoms with Crippen LogP contribution in [0.1, 0.15) is 40.3 Å². The molecule has 0 radical (unpaired) electrons. The Morgan fingerprint density at radius 3 is 2.50 bits per heavy atom. The zero-order valence-electron chi connectivity index (χ0n) is 23.7. The number of ether oxygens (including phenoxy) is 1. The van der Waals surface area contributed by atoms with Crippen molar-refractivity contribution in [1.29, 1.82) is 0 Å². The minimum atomic E-state index is -0.331. The van der Waals surface area contributed by atoms with Crippen molar-refractivity contribution in [2.75, 3.05) is 0 Å². The molecular formula is C38H27FN2O2S. The van der Waals surface area contributed by atoms with Crippen molar-refractivity contribution in [1.82, 2.24) is 4.57 Å². The van der Waals surface area contributed by atoms with E-state index in [0.717, 1.165) is 52.1 Å². The van der Waals surface area contributed by atoms with E-state index in [1.165, 1.54) is 39.8 Å². The number of benzene rings is 5. The first kappa shape index (κ1) is 26.5. The van der Waals surface area contributed by atoms with Crippen molar-refractivity contribution in [2.24, 2.45) is 4.99 Å². The van der Waals surface area contributed by atoms with Crippen LogP contribution in [0.25, 0.3) is 22.5 Å². The summed E-state index contributed by atoms with van der Waals surface area (Å²) >= 11 is 1.39. The number of fused-ring (bicyclic) bond motifs is 4. The molecular weight excluding hydrogens is 567 g/mol. The first-order valence-corrected chi connectivity index (χ1v) is 15.5. The lowest BCUT2D eigenvalue weighted by Crippen LogP contribution is -2.38. The topological polar surface area (TPSA) is 43.6 Å². The van der Waals surface area contributed by atoms with Gasteiger partial charge in [-0.25, -0.2) is 9.38 Å². The van der Waals surface area contributed by atoms with Crippen molar-refractivity contribution in [3.05, 3.63) is 174 Å². The van der Waals surface area contributed by atoms with Crippen LogP contribution in [0.5, 0.6) is 5.75 Å². The maximum absolute atomic E-state index is 14.0. The summed E-state index contributed by atoms with van der Waals surface area (Å²) in [5.41, 5.74) is 7.23. The SMILES string of the molecule is O=c1/c(=C\c2ccc(OCc3cccc4ccccc34)cc2)sc2n1[C@H](c1ccc(F)cc1)C1=C(N=2)c2ccccc2CC1. The Morgan fingerprint density at radius 1 is 0.864 bits per heavy atom. The zero-order chi connectivity index (χ0) is 29.6. The fourth-order valence-corrected chi connectivity index (χ4v) is 7.36. The molecule has 0 unspecified atom stereocenters. The molecule has 2 aliphatic rings. The summed E-state index contributed by atoms with van der Waals surface area (Å²) in [4.78, 5) is 19.7. The molecule has 214 valence electrons. The van der Waals surface area contributed by atoms with Crippen molar-refractivity contribution in [3.63, 3.8) is 0 Å². The molecule has 44 heavy (non-hydrogen) atoms. The number of nitrogens with zero attached hydrogens (tertiary/aromatic N) is 2. The lowest BCUT2D eigenvalue weighted by molar-refractivity contribution is 0.307. The van der Waals surface area contributed by atoms with Gasteiger partial charge in [0.1, 0.15) is 18.2 Å². The van der Waals surface area contributed by atoms with Gasteiger partial charge in [-0.1, -0.05) is 102 Å². The summed E-state index contributed by atoms with van der Waals surface area (Å²) in [7, 11) is 0. The highest BCUT2D eigenvalue weighted by Gasteiger charge is 2.32. The first-order chi connectivity index (χ1) is 21.6. The molecule has 6 aromatic rings. The fourth-order valence-electron chi connectivity index (χ4n) is 6.36. The molecule has 4 nitrogen and oxygen atoms in total. The second kappa shape index (κ2) is 10.9. The van der Waals surface area contributed by atoms with Crippen molar-refractivity contribution in [3.8, 4) is 5.75 Å². The molecule has 6 heteroatoms. The number of thiazole rings is 1. The second-order valence-electron chi connectivity index (χ2n) is 11.2.